The molecule has 0 saturated heterocycles. The summed E-state index contributed by atoms with van der Waals surface area (Å²) in [5.41, 5.74) is 7.50. The maximum Gasteiger partial charge on any atom is 0.318 e. The van der Waals surface area contributed by atoms with Gasteiger partial charge in [-0.2, -0.15) is 0 Å². The quantitative estimate of drug-likeness (QED) is 0.443. The van der Waals surface area contributed by atoms with Gasteiger partial charge in [0.2, 0.25) is 5.91 Å². The summed E-state index contributed by atoms with van der Waals surface area (Å²) < 4.78 is 3.75. The van der Waals surface area contributed by atoms with Gasteiger partial charge in [0.05, 0.1) is 40.4 Å². The second kappa shape index (κ2) is 8.56. The lowest BCUT2D eigenvalue weighted by Crippen LogP contribution is -2.36. The first kappa shape index (κ1) is 19.9. The third-order valence-corrected chi connectivity index (χ3v) is 5.48. The molecule has 3 amide bonds. The number of thioether (sulfide) groups is 1. The van der Waals surface area contributed by atoms with E-state index in [4.69, 9.17) is 17.3 Å². The van der Waals surface area contributed by atoms with Crippen LogP contribution in [0.1, 0.15) is 5.82 Å². The number of primary amides is 1. The van der Waals surface area contributed by atoms with Crippen molar-refractivity contribution >= 4 is 46.3 Å². The average molecular weight is 442 g/mol. The fraction of sp³-hybridized carbons (Fsp3) is 0.105. The molecular formula is C19H16ClN7O2S. The second-order valence-electron chi connectivity index (χ2n) is 6.25. The number of hydrogen-bond acceptors (Lipinski definition) is 6. The Balaban J connectivity index is 1.70. The van der Waals surface area contributed by atoms with Crippen molar-refractivity contribution in [1.29, 1.82) is 0 Å². The molecule has 4 aromatic rings. The van der Waals surface area contributed by atoms with Crippen molar-refractivity contribution < 1.29 is 9.59 Å². The van der Waals surface area contributed by atoms with Gasteiger partial charge in [-0.3, -0.25) is 14.7 Å². The molecular weight excluding hydrogens is 426 g/mol. The largest absolute Gasteiger partial charge is 0.351 e. The third kappa shape index (κ3) is 4.14. The summed E-state index contributed by atoms with van der Waals surface area (Å²) in [6.07, 6.45) is 1.74. The molecule has 152 valence electrons. The molecule has 0 fully saturated rings. The minimum Gasteiger partial charge on any atom is -0.351 e. The van der Waals surface area contributed by atoms with Crippen LogP contribution >= 0.6 is 23.4 Å². The van der Waals surface area contributed by atoms with Gasteiger partial charge in [-0.15, -0.1) is 10.2 Å². The van der Waals surface area contributed by atoms with Crippen LogP contribution in [0.25, 0.3) is 16.7 Å². The van der Waals surface area contributed by atoms with Crippen LogP contribution < -0.4 is 11.1 Å². The molecule has 0 unspecified atom stereocenters. The summed E-state index contributed by atoms with van der Waals surface area (Å²) in [7, 11) is 0. The number of urea groups is 1. The molecule has 0 spiro atoms. The number of carbonyl (C=O) groups is 2. The Hall–Kier alpha value is -3.37. The summed E-state index contributed by atoms with van der Waals surface area (Å²) in [5, 5.41) is 11.6. The van der Waals surface area contributed by atoms with E-state index in [2.05, 4.69) is 15.2 Å². The number of imide groups is 1. The number of nitrogens with two attached hydrogens (primary N) is 1. The highest BCUT2D eigenvalue weighted by Gasteiger charge is 2.19. The predicted octanol–water partition coefficient (Wildman–Crippen LogP) is 2.61. The number of rotatable bonds is 6. The Morgan fingerprint density at radius 1 is 1.10 bits per heavy atom. The summed E-state index contributed by atoms with van der Waals surface area (Å²) in [6, 6.07) is 14.2. The van der Waals surface area contributed by atoms with E-state index in [1.165, 1.54) is 0 Å². The number of aromatic nitrogens is 5. The molecule has 0 atom stereocenters. The van der Waals surface area contributed by atoms with Gasteiger partial charge in [0.15, 0.2) is 11.0 Å². The number of benzene rings is 2. The summed E-state index contributed by atoms with van der Waals surface area (Å²) in [6.45, 7) is 0.396. The molecule has 9 nitrogen and oxygen atoms in total. The van der Waals surface area contributed by atoms with E-state index >= 15 is 0 Å². The first-order valence-corrected chi connectivity index (χ1v) is 10.2. The molecule has 2 aromatic carbocycles. The van der Waals surface area contributed by atoms with Crippen LogP contribution in [-0.2, 0) is 11.3 Å². The highest BCUT2D eigenvalue weighted by molar-refractivity contribution is 7.99. The standard InChI is InChI=1S/C19H16ClN7O2S/c20-12-5-1-3-7-14(12)27-16(9-26-11-22-13-6-2-4-8-15(13)26)24-25-19(27)30-10-17(28)23-18(21)29/h1-8,11H,9-10H2,(H3,21,23,28,29). The molecule has 0 radical (unpaired) electrons. The van der Waals surface area contributed by atoms with Gasteiger partial charge in [0, 0.05) is 0 Å². The molecule has 0 saturated carbocycles. The zero-order valence-electron chi connectivity index (χ0n) is 15.5. The molecule has 0 aliphatic carbocycles. The van der Waals surface area contributed by atoms with Crippen LogP contribution in [-0.4, -0.2) is 42.0 Å². The topological polar surface area (TPSA) is 121 Å². The number of para-hydroxylation sites is 3. The average Bonchev–Trinajstić information content (AvgIpc) is 3.31. The van der Waals surface area contributed by atoms with E-state index < -0.39 is 11.9 Å². The van der Waals surface area contributed by atoms with Gasteiger partial charge >= 0.3 is 6.03 Å². The van der Waals surface area contributed by atoms with Crippen LogP contribution in [0, 0.1) is 0 Å². The van der Waals surface area contributed by atoms with Gasteiger partial charge in [-0.25, -0.2) is 9.78 Å². The SMILES string of the molecule is NC(=O)NC(=O)CSc1nnc(Cn2cnc3ccccc32)n1-c1ccccc1Cl. The van der Waals surface area contributed by atoms with E-state index in [0.717, 1.165) is 22.8 Å². The smallest absolute Gasteiger partial charge is 0.318 e. The van der Waals surface area contributed by atoms with Crippen LogP contribution in [0.2, 0.25) is 5.02 Å². The van der Waals surface area contributed by atoms with Crippen molar-refractivity contribution in [2.45, 2.75) is 11.7 Å². The summed E-state index contributed by atoms with van der Waals surface area (Å²) in [5.74, 6) is 0.0342. The number of hydrogen-bond donors (Lipinski definition) is 2. The second-order valence-corrected chi connectivity index (χ2v) is 7.60. The van der Waals surface area contributed by atoms with Gasteiger partial charge in [-0.1, -0.05) is 47.6 Å². The predicted molar refractivity (Wildman–Crippen MR) is 114 cm³/mol. The van der Waals surface area contributed by atoms with Crippen LogP contribution in [0.15, 0.2) is 60.0 Å². The number of fused-ring (bicyclic) bond motifs is 1. The highest BCUT2D eigenvalue weighted by atomic mass is 35.5. The van der Waals surface area contributed by atoms with Crippen LogP contribution in [0.3, 0.4) is 0 Å². The Morgan fingerprint density at radius 2 is 1.87 bits per heavy atom. The molecule has 11 heteroatoms. The van der Waals surface area contributed by atoms with Gasteiger partial charge < -0.3 is 10.3 Å². The van der Waals surface area contributed by atoms with Crippen molar-refractivity contribution in [2.24, 2.45) is 5.73 Å². The van der Waals surface area contributed by atoms with Crippen molar-refractivity contribution in [1.82, 2.24) is 29.6 Å². The molecule has 4 rings (SSSR count). The van der Waals surface area contributed by atoms with Gasteiger partial charge in [0.25, 0.3) is 0 Å². The summed E-state index contributed by atoms with van der Waals surface area (Å²) in [4.78, 5) is 27.1. The van der Waals surface area contributed by atoms with Crippen molar-refractivity contribution in [3.63, 3.8) is 0 Å². The number of nitrogens with zero attached hydrogens (tertiary/aromatic N) is 5. The van der Waals surface area contributed by atoms with Crippen molar-refractivity contribution in [3.05, 3.63) is 65.7 Å². The van der Waals surface area contributed by atoms with Crippen LogP contribution in [0.4, 0.5) is 4.79 Å². The maximum atomic E-state index is 11.8. The fourth-order valence-electron chi connectivity index (χ4n) is 2.96. The van der Waals surface area contributed by atoms with E-state index in [-0.39, 0.29) is 5.75 Å². The molecule has 0 aliphatic heterocycles. The lowest BCUT2D eigenvalue weighted by molar-refractivity contribution is -0.117. The molecule has 0 bridgehead atoms. The zero-order valence-corrected chi connectivity index (χ0v) is 17.1. The van der Waals surface area contributed by atoms with Crippen molar-refractivity contribution in [2.75, 3.05) is 5.75 Å². The molecule has 30 heavy (non-hydrogen) atoms. The molecule has 2 aromatic heterocycles. The lowest BCUT2D eigenvalue weighted by Gasteiger charge is -2.12. The Labute approximate surface area is 180 Å². The third-order valence-electron chi connectivity index (χ3n) is 4.23. The molecule has 0 aliphatic rings. The normalized spacial score (nSPS) is 11.0. The highest BCUT2D eigenvalue weighted by Crippen LogP contribution is 2.28. The lowest BCUT2D eigenvalue weighted by atomic mass is 10.3. The minimum atomic E-state index is -0.902. The van der Waals surface area contributed by atoms with Crippen LogP contribution in [0.5, 0.6) is 0 Å². The van der Waals surface area contributed by atoms with Gasteiger partial charge in [0.1, 0.15) is 0 Å². The number of nitrogens with one attached hydrogen (secondary N) is 1. The van der Waals surface area contributed by atoms with E-state index in [1.54, 1.807) is 17.0 Å². The zero-order chi connectivity index (χ0) is 21.1. The van der Waals surface area contributed by atoms with Gasteiger partial charge in [-0.05, 0) is 24.3 Å². The van der Waals surface area contributed by atoms with Crippen molar-refractivity contribution in [3.8, 4) is 5.69 Å². The Kier molecular flexibility index (Phi) is 5.68. The number of imidazole rings is 1. The number of amides is 3. The first-order chi connectivity index (χ1) is 14.5. The first-order valence-electron chi connectivity index (χ1n) is 8.84. The van der Waals surface area contributed by atoms with E-state index in [9.17, 15) is 9.59 Å². The summed E-state index contributed by atoms with van der Waals surface area (Å²) >= 11 is 7.55. The Morgan fingerprint density at radius 3 is 2.67 bits per heavy atom. The number of carbonyl (C=O) groups excluding carboxylic acids is 2. The minimum absolute atomic E-state index is 0.0560. The van der Waals surface area contributed by atoms with E-state index in [1.807, 2.05) is 52.3 Å². The van der Waals surface area contributed by atoms with E-state index in [0.29, 0.717) is 28.2 Å². The number of halogens is 1. The maximum absolute atomic E-state index is 11.8. The molecule has 3 N–H and O–H groups in total. The molecule has 2 heterocycles. The Bertz CT molecular complexity index is 1240. The monoisotopic (exact) mass is 441 g/mol. The fourth-order valence-corrected chi connectivity index (χ4v) is 3.95.